The smallest absolute Gasteiger partial charge is 0.252 e. The fraction of sp³-hybridized carbons (Fsp3) is 0.424. The number of halogens is 1. The molecule has 2 atom stereocenters. The van der Waals surface area contributed by atoms with Crippen LogP contribution in [0.4, 0.5) is 0 Å². The van der Waals surface area contributed by atoms with E-state index < -0.39 is 0 Å². The summed E-state index contributed by atoms with van der Waals surface area (Å²) in [6, 6.07) is 23.9. The minimum atomic E-state index is -0.259. The summed E-state index contributed by atoms with van der Waals surface area (Å²) in [6.07, 6.45) is 0. The molecule has 3 aromatic carbocycles. The van der Waals surface area contributed by atoms with Gasteiger partial charge in [-0.2, -0.15) is 0 Å². The van der Waals surface area contributed by atoms with Crippen molar-refractivity contribution < 1.29 is 4.79 Å². The Bertz CT molecular complexity index is 1180. The number of likely N-dealkylation sites (N-methyl/N-ethyl adjacent to an activating group) is 2. The number of hydrogen-bond acceptors (Lipinski definition) is 4. The van der Waals surface area contributed by atoms with Crippen molar-refractivity contribution in [3.05, 3.63) is 106 Å². The first-order valence-electron chi connectivity index (χ1n) is 13.4. The molecule has 0 aromatic heterocycles. The van der Waals surface area contributed by atoms with Crippen molar-refractivity contribution in [2.75, 3.05) is 28.2 Å². The number of nitrogens with one attached hydrogen (secondary N) is 1. The van der Waals surface area contributed by atoms with Crippen molar-refractivity contribution in [2.24, 2.45) is 5.73 Å². The molecular formula is C33H47ClN4O. The molecule has 0 bridgehead atoms. The Morgan fingerprint density at radius 1 is 0.769 bits per heavy atom. The average Bonchev–Trinajstić information content (AvgIpc) is 2.87. The van der Waals surface area contributed by atoms with E-state index in [9.17, 15) is 4.79 Å². The van der Waals surface area contributed by atoms with Crippen molar-refractivity contribution in [1.29, 1.82) is 0 Å². The normalized spacial score (nSPS) is 13.5. The van der Waals surface area contributed by atoms with Crippen LogP contribution >= 0.6 is 11.6 Å². The summed E-state index contributed by atoms with van der Waals surface area (Å²) < 4.78 is 0. The third kappa shape index (κ3) is 8.15. The summed E-state index contributed by atoms with van der Waals surface area (Å²) in [5.74, 6) is -0.0737. The van der Waals surface area contributed by atoms with Crippen LogP contribution in [0.1, 0.15) is 72.4 Å². The van der Waals surface area contributed by atoms with Crippen LogP contribution in [0.2, 0.25) is 5.02 Å². The maximum Gasteiger partial charge on any atom is 0.252 e. The summed E-state index contributed by atoms with van der Waals surface area (Å²) in [6.45, 7) is 12.4. The number of nitrogens with zero attached hydrogens (tertiary/aromatic N) is 2. The third-order valence-electron chi connectivity index (χ3n) is 8.06. The van der Waals surface area contributed by atoms with Crippen molar-refractivity contribution in [1.82, 2.24) is 15.1 Å². The van der Waals surface area contributed by atoms with Crippen molar-refractivity contribution in [2.45, 2.75) is 64.7 Å². The van der Waals surface area contributed by atoms with E-state index in [1.165, 1.54) is 5.56 Å². The largest absolute Gasteiger partial charge is 0.343 e. The number of nitrogens with two attached hydrogens (primary N) is 1. The van der Waals surface area contributed by atoms with Crippen molar-refractivity contribution in [3.8, 4) is 0 Å². The number of carbonyl (C=O) groups is 1. The van der Waals surface area contributed by atoms with Crippen LogP contribution in [-0.2, 0) is 0 Å². The summed E-state index contributed by atoms with van der Waals surface area (Å²) in [5.41, 5.74) is 10.7. The van der Waals surface area contributed by atoms with Crippen LogP contribution in [0, 0.1) is 13.8 Å². The second-order valence-electron chi connectivity index (χ2n) is 11.7. The van der Waals surface area contributed by atoms with Gasteiger partial charge in [-0.3, -0.25) is 4.79 Å². The number of hydrogen-bond donors (Lipinski definition) is 2. The molecule has 0 saturated carbocycles. The fourth-order valence-corrected chi connectivity index (χ4v) is 4.72. The Kier molecular flexibility index (Phi) is 11.3. The van der Waals surface area contributed by atoms with Gasteiger partial charge in [0.2, 0.25) is 0 Å². The Labute approximate surface area is 241 Å². The molecule has 0 aliphatic carbocycles. The monoisotopic (exact) mass is 550 g/mol. The summed E-state index contributed by atoms with van der Waals surface area (Å²) in [7, 11) is 8.17. The zero-order valence-corrected chi connectivity index (χ0v) is 26.1. The van der Waals surface area contributed by atoms with E-state index in [2.05, 4.69) is 81.2 Å². The predicted molar refractivity (Wildman–Crippen MR) is 166 cm³/mol. The molecule has 3 aromatic rings. The molecule has 0 saturated heterocycles. The SMILES string of the molecule is CN(C)C(C)(C)C(N)c1ccccc1.Cc1cc(Cl)cc(C)c1C(=O)NC(c1ccccc1)C(C)(C)N(C)C. The number of amides is 1. The lowest BCUT2D eigenvalue weighted by atomic mass is 9.87. The molecule has 1 amide bonds. The summed E-state index contributed by atoms with van der Waals surface area (Å²) in [4.78, 5) is 17.4. The maximum atomic E-state index is 13.1. The second kappa shape index (κ2) is 13.6. The Balaban J connectivity index is 0.000000322. The molecule has 3 N–H and O–H groups in total. The van der Waals surface area contributed by atoms with Crippen LogP contribution in [0.15, 0.2) is 72.8 Å². The van der Waals surface area contributed by atoms with Crippen LogP contribution in [0.5, 0.6) is 0 Å². The van der Waals surface area contributed by atoms with E-state index >= 15 is 0 Å². The minimum Gasteiger partial charge on any atom is -0.343 e. The van der Waals surface area contributed by atoms with Gasteiger partial charge in [0, 0.05) is 27.7 Å². The van der Waals surface area contributed by atoms with Gasteiger partial charge in [-0.05, 0) is 104 Å². The van der Waals surface area contributed by atoms with Crippen LogP contribution in [-0.4, -0.2) is 55.0 Å². The van der Waals surface area contributed by atoms with Crippen molar-refractivity contribution in [3.63, 3.8) is 0 Å². The van der Waals surface area contributed by atoms with E-state index in [1.807, 2.05) is 76.5 Å². The molecule has 0 heterocycles. The van der Waals surface area contributed by atoms with Crippen LogP contribution in [0.3, 0.4) is 0 Å². The Morgan fingerprint density at radius 3 is 1.59 bits per heavy atom. The topological polar surface area (TPSA) is 61.6 Å². The molecule has 0 aliphatic heterocycles. The first-order chi connectivity index (χ1) is 18.1. The highest BCUT2D eigenvalue weighted by Crippen LogP contribution is 2.31. The third-order valence-corrected chi connectivity index (χ3v) is 8.28. The molecule has 0 aliphatic rings. The molecule has 0 fully saturated rings. The van der Waals surface area contributed by atoms with Crippen LogP contribution in [0.25, 0.3) is 0 Å². The number of rotatable bonds is 8. The van der Waals surface area contributed by atoms with Gasteiger partial charge in [-0.15, -0.1) is 0 Å². The first kappa shape index (κ1) is 32.5. The van der Waals surface area contributed by atoms with Gasteiger partial charge >= 0.3 is 0 Å². The number of aryl methyl sites for hydroxylation is 2. The van der Waals surface area contributed by atoms with E-state index in [4.69, 9.17) is 17.3 Å². The van der Waals surface area contributed by atoms with Gasteiger partial charge in [0.25, 0.3) is 5.91 Å². The van der Waals surface area contributed by atoms with Gasteiger partial charge in [-0.25, -0.2) is 0 Å². The van der Waals surface area contributed by atoms with E-state index in [0.717, 1.165) is 16.7 Å². The van der Waals surface area contributed by atoms with E-state index in [-0.39, 0.29) is 29.1 Å². The van der Waals surface area contributed by atoms with Gasteiger partial charge in [-0.1, -0.05) is 72.3 Å². The highest BCUT2D eigenvalue weighted by molar-refractivity contribution is 6.30. The standard InChI is InChI=1S/C21H27ClN2O.C12H20N2/c1-14-12-17(22)13-15(2)18(14)20(25)23-19(21(3,4)24(5)6)16-10-8-7-9-11-16;1-12(2,14(3)4)11(13)10-8-6-5-7-9-10/h7-13,19H,1-6H3,(H,23,25);5-9,11H,13H2,1-4H3. The number of carbonyl (C=O) groups excluding carboxylic acids is 1. The molecule has 2 unspecified atom stereocenters. The highest BCUT2D eigenvalue weighted by atomic mass is 35.5. The zero-order valence-electron chi connectivity index (χ0n) is 25.3. The fourth-order valence-electron chi connectivity index (χ4n) is 4.39. The van der Waals surface area contributed by atoms with E-state index in [0.29, 0.717) is 10.6 Å². The van der Waals surface area contributed by atoms with Gasteiger partial charge < -0.3 is 20.9 Å². The molecule has 0 radical (unpaired) electrons. The lowest BCUT2D eigenvalue weighted by molar-refractivity contribution is 0.0839. The summed E-state index contributed by atoms with van der Waals surface area (Å²) >= 11 is 6.10. The van der Waals surface area contributed by atoms with Gasteiger partial charge in [0.1, 0.15) is 0 Å². The summed E-state index contributed by atoms with van der Waals surface area (Å²) in [5, 5.41) is 3.90. The molecule has 5 nitrogen and oxygen atoms in total. The Morgan fingerprint density at radius 2 is 1.18 bits per heavy atom. The molecule has 212 valence electrons. The van der Waals surface area contributed by atoms with Crippen LogP contribution < -0.4 is 11.1 Å². The van der Waals surface area contributed by atoms with Crippen molar-refractivity contribution >= 4 is 17.5 Å². The zero-order chi connectivity index (χ0) is 29.5. The second-order valence-corrected chi connectivity index (χ2v) is 12.2. The molecule has 39 heavy (non-hydrogen) atoms. The molecular weight excluding hydrogens is 504 g/mol. The maximum absolute atomic E-state index is 13.1. The average molecular weight is 551 g/mol. The van der Waals surface area contributed by atoms with E-state index in [1.54, 1.807) is 0 Å². The van der Waals surface area contributed by atoms with Gasteiger partial charge in [0.05, 0.1) is 6.04 Å². The predicted octanol–water partition coefficient (Wildman–Crippen LogP) is 6.79. The highest BCUT2D eigenvalue weighted by Gasteiger charge is 2.34. The lowest BCUT2D eigenvalue weighted by Crippen LogP contribution is -2.51. The quantitative estimate of drug-likeness (QED) is 0.324. The Hall–Kier alpha value is -2.70. The minimum absolute atomic E-state index is 0.0264. The number of benzene rings is 3. The van der Waals surface area contributed by atoms with Gasteiger partial charge in [0.15, 0.2) is 0 Å². The molecule has 0 spiro atoms. The first-order valence-corrected chi connectivity index (χ1v) is 13.8. The lowest BCUT2D eigenvalue weighted by Gasteiger charge is -2.41. The molecule has 3 rings (SSSR count). The molecule has 6 heteroatoms.